The monoisotopic (exact) mass is 466 g/mol. The van der Waals surface area contributed by atoms with Crippen LogP contribution in [-0.4, -0.2) is 67.5 Å². The molecule has 1 saturated carbocycles. The zero-order valence-electron chi connectivity index (χ0n) is 19.0. The highest BCUT2D eigenvalue weighted by atomic mass is 16.5. The molecule has 0 radical (unpaired) electrons. The van der Waals surface area contributed by atoms with Gasteiger partial charge in [0.2, 0.25) is 12.3 Å². The second kappa shape index (κ2) is 11.3. The third-order valence-corrected chi connectivity index (χ3v) is 6.56. The molecule has 3 heterocycles. The van der Waals surface area contributed by atoms with Gasteiger partial charge in [0.05, 0.1) is 30.3 Å². The first-order valence-corrected chi connectivity index (χ1v) is 11.8. The van der Waals surface area contributed by atoms with Crippen molar-refractivity contribution in [1.82, 2.24) is 30.4 Å². The molecule has 180 valence electrons. The number of amides is 2. The van der Waals surface area contributed by atoms with Crippen LogP contribution in [0.15, 0.2) is 36.7 Å². The van der Waals surface area contributed by atoms with Gasteiger partial charge in [0, 0.05) is 18.9 Å². The molecular weight excluding hydrogens is 436 g/mol. The van der Waals surface area contributed by atoms with E-state index in [1.165, 1.54) is 5.01 Å². The summed E-state index contributed by atoms with van der Waals surface area (Å²) >= 11 is 0. The number of hydroxylamine groups is 2. The summed E-state index contributed by atoms with van der Waals surface area (Å²) < 4.78 is 0. The van der Waals surface area contributed by atoms with Crippen LogP contribution >= 0.6 is 0 Å². The Morgan fingerprint density at radius 3 is 2.71 bits per heavy atom. The predicted molar refractivity (Wildman–Crippen MR) is 122 cm³/mol. The van der Waals surface area contributed by atoms with E-state index in [0.29, 0.717) is 54.0 Å². The summed E-state index contributed by atoms with van der Waals surface area (Å²) in [5.41, 5.74) is 4.35. The quantitative estimate of drug-likeness (QED) is 0.308. The summed E-state index contributed by atoms with van der Waals surface area (Å²) in [5, 5.41) is 11.7. The van der Waals surface area contributed by atoms with Crippen molar-refractivity contribution in [2.75, 3.05) is 13.1 Å². The molecule has 10 nitrogen and oxygen atoms in total. The minimum absolute atomic E-state index is 0.00937. The van der Waals surface area contributed by atoms with E-state index >= 15 is 0 Å². The first-order chi connectivity index (χ1) is 16.5. The van der Waals surface area contributed by atoms with E-state index in [4.69, 9.17) is 0 Å². The minimum Gasteiger partial charge on any atom is -0.297 e. The Hall–Kier alpha value is -3.24. The van der Waals surface area contributed by atoms with Crippen molar-refractivity contribution in [2.24, 2.45) is 11.8 Å². The third-order valence-electron chi connectivity index (χ3n) is 6.56. The lowest BCUT2D eigenvalue weighted by molar-refractivity contribution is -0.159. The highest BCUT2D eigenvalue weighted by Crippen LogP contribution is 2.31. The molecule has 1 saturated heterocycles. The number of pyridine rings is 1. The number of hydrogen-bond donors (Lipinski definition) is 2. The first kappa shape index (κ1) is 23.9. The smallest absolute Gasteiger partial charge is 0.242 e. The zero-order chi connectivity index (χ0) is 23.9. The van der Waals surface area contributed by atoms with E-state index in [0.717, 1.165) is 25.7 Å². The lowest BCUT2D eigenvalue weighted by atomic mass is 9.91. The fourth-order valence-corrected chi connectivity index (χ4v) is 4.88. The van der Waals surface area contributed by atoms with Crippen molar-refractivity contribution in [1.29, 1.82) is 0 Å². The number of rotatable bonds is 10. The first-order valence-electron chi connectivity index (χ1n) is 11.8. The van der Waals surface area contributed by atoms with E-state index < -0.39 is 12.0 Å². The van der Waals surface area contributed by atoms with Crippen LogP contribution < -0.4 is 5.43 Å². The number of carbonyl (C=O) groups excluding carboxylic acids is 3. The van der Waals surface area contributed by atoms with Crippen LogP contribution in [0.3, 0.4) is 0 Å². The van der Waals surface area contributed by atoms with Crippen molar-refractivity contribution in [2.45, 2.75) is 51.0 Å². The van der Waals surface area contributed by atoms with Crippen LogP contribution in [0.1, 0.15) is 44.3 Å². The zero-order valence-corrected chi connectivity index (χ0v) is 19.0. The number of ketones is 1. The largest absolute Gasteiger partial charge is 0.297 e. The third kappa shape index (κ3) is 5.81. The SMILES string of the molecule is O=CN(O)C[C@@H](CC1CCCC1)C(=O)N1NCC[C@H]1C(=O)Cc1nccc(-c2ccccn2)n1. The van der Waals surface area contributed by atoms with Gasteiger partial charge in [-0.15, -0.1) is 0 Å². The fourth-order valence-electron chi connectivity index (χ4n) is 4.88. The second-order valence-electron chi connectivity index (χ2n) is 8.95. The normalized spacial score (nSPS) is 19.2. The van der Waals surface area contributed by atoms with Crippen molar-refractivity contribution in [3.63, 3.8) is 0 Å². The molecule has 2 fully saturated rings. The molecule has 34 heavy (non-hydrogen) atoms. The maximum Gasteiger partial charge on any atom is 0.242 e. The molecule has 2 aliphatic rings. The molecule has 0 unspecified atom stereocenters. The van der Waals surface area contributed by atoms with Gasteiger partial charge in [0.1, 0.15) is 11.9 Å². The summed E-state index contributed by atoms with van der Waals surface area (Å²) in [6, 6.07) is 6.61. The highest BCUT2D eigenvalue weighted by Gasteiger charge is 2.38. The molecule has 2 amide bonds. The molecule has 1 aliphatic heterocycles. The molecule has 1 aliphatic carbocycles. The Labute approximate surface area is 198 Å². The molecule has 2 N–H and O–H groups in total. The van der Waals surface area contributed by atoms with Gasteiger partial charge in [-0.3, -0.25) is 29.6 Å². The molecule has 2 aromatic rings. The van der Waals surface area contributed by atoms with Crippen molar-refractivity contribution in [3.8, 4) is 11.4 Å². The molecule has 4 rings (SSSR count). The summed E-state index contributed by atoms with van der Waals surface area (Å²) in [7, 11) is 0. The Bertz CT molecular complexity index is 998. The van der Waals surface area contributed by atoms with Crippen molar-refractivity contribution >= 4 is 18.1 Å². The van der Waals surface area contributed by atoms with Gasteiger partial charge in [-0.25, -0.2) is 20.5 Å². The van der Waals surface area contributed by atoms with Gasteiger partial charge < -0.3 is 0 Å². The Balaban J connectivity index is 1.45. The Morgan fingerprint density at radius 2 is 1.97 bits per heavy atom. The van der Waals surface area contributed by atoms with Crippen molar-refractivity contribution in [3.05, 3.63) is 42.5 Å². The fraction of sp³-hybridized carbons (Fsp3) is 0.500. The molecule has 0 aromatic carbocycles. The van der Waals surface area contributed by atoms with Gasteiger partial charge in [-0.1, -0.05) is 31.7 Å². The van der Waals surface area contributed by atoms with Crippen LogP contribution in [-0.2, 0) is 20.8 Å². The number of Topliss-reactive ketones (excluding diaryl/α,β-unsaturated/α-hetero) is 1. The van der Waals surface area contributed by atoms with Gasteiger partial charge in [-0.2, -0.15) is 0 Å². The van der Waals surface area contributed by atoms with Gasteiger partial charge in [0.25, 0.3) is 0 Å². The van der Waals surface area contributed by atoms with Gasteiger partial charge in [0.15, 0.2) is 5.78 Å². The van der Waals surface area contributed by atoms with Crippen LogP contribution in [0.5, 0.6) is 0 Å². The second-order valence-corrected chi connectivity index (χ2v) is 8.95. The Kier molecular flexibility index (Phi) is 7.91. The molecule has 10 heteroatoms. The summed E-state index contributed by atoms with van der Waals surface area (Å²) in [6.45, 7) is 0.400. The number of hydrogen-bond acceptors (Lipinski definition) is 8. The van der Waals surface area contributed by atoms with E-state index in [-0.39, 0.29) is 24.7 Å². The van der Waals surface area contributed by atoms with E-state index in [2.05, 4.69) is 20.4 Å². The van der Waals surface area contributed by atoms with Crippen molar-refractivity contribution < 1.29 is 19.6 Å². The molecule has 0 spiro atoms. The van der Waals surface area contributed by atoms with Crippen LogP contribution in [0, 0.1) is 11.8 Å². The van der Waals surface area contributed by atoms with Gasteiger partial charge in [-0.05, 0) is 37.0 Å². The maximum absolute atomic E-state index is 13.4. The molecule has 2 aromatic heterocycles. The number of carbonyl (C=O) groups is 3. The lowest BCUT2D eigenvalue weighted by Crippen LogP contribution is -2.51. The standard InChI is InChI=1S/C24H30N6O4/c31-16-29(34)15-18(13-17-5-1-2-6-17)24(33)30-21(9-12-27-30)22(32)14-23-26-11-8-20(28-23)19-7-3-4-10-25-19/h3-4,7-8,10-11,16-18,21,27,34H,1-2,5-6,9,12-15H2/t18-,21+/m1/s1. The summed E-state index contributed by atoms with van der Waals surface area (Å²) in [4.78, 5) is 50.6. The predicted octanol–water partition coefficient (Wildman–Crippen LogP) is 1.80. The maximum atomic E-state index is 13.4. The minimum atomic E-state index is -0.649. The summed E-state index contributed by atoms with van der Waals surface area (Å²) in [6.07, 6.45) is 8.97. The lowest BCUT2D eigenvalue weighted by Gasteiger charge is -2.29. The number of nitrogens with one attached hydrogen (secondary N) is 1. The molecular formula is C24H30N6O4. The number of aromatic nitrogens is 3. The van der Waals surface area contributed by atoms with E-state index in [9.17, 15) is 19.6 Å². The topological polar surface area (TPSA) is 129 Å². The average Bonchev–Trinajstić information content (AvgIpc) is 3.56. The van der Waals surface area contributed by atoms with Crippen LogP contribution in [0.4, 0.5) is 0 Å². The number of hydrazine groups is 1. The molecule has 2 atom stereocenters. The number of nitrogens with zero attached hydrogens (tertiary/aromatic N) is 5. The molecule has 0 bridgehead atoms. The van der Waals surface area contributed by atoms with Gasteiger partial charge >= 0.3 is 0 Å². The summed E-state index contributed by atoms with van der Waals surface area (Å²) in [5.74, 6) is -0.256. The van der Waals surface area contributed by atoms with E-state index in [1.807, 2.05) is 18.2 Å². The Morgan fingerprint density at radius 1 is 1.15 bits per heavy atom. The van der Waals surface area contributed by atoms with E-state index in [1.54, 1.807) is 18.5 Å². The highest BCUT2D eigenvalue weighted by molar-refractivity contribution is 5.91. The van der Waals surface area contributed by atoms with Crippen LogP contribution in [0.25, 0.3) is 11.4 Å². The average molecular weight is 467 g/mol. The van der Waals surface area contributed by atoms with Crippen LogP contribution in [0.2, 0.25) is 0 Å².